The van der Waals surface area contributed by atoms with Gasteiger partial charge in [-0.3, -0.25) is 0 Å². The van der Waals surface area contributed by atoms with Crippen molar-refractivity contribution in [2.45, 2.75) is 19.3 Å². The first-order chi connectivity index (χ1) is 10.2. The van der Waals surface area contributed by atoms with E-state index < -0.39 is 0 Å². The van der Waals surface area contributed by atoms with Gasteiger partial charge in [-0.1, -0.05) is 42.0 Å². The highest BCUT2D eigenvalue weighted by Gasteiger charge is 2.19. The molecule has 0 aliphatic carbocycles. The van der Waals surface area contributed by atoms with Crippen LogP contribution < -0.4 is 10.6 Å². The van der Waals surface area contributed by atoms with Crippen LogP contribution in [0.5, 0.6) is 0 Å². The molecule has 0 fully saturated rings. The average Bonchev–Trinajstić information content (AvgIpc) is 2.69. The molecule has 2 N–H and O–H groups in total. The predicted octanol–water partition coefficient (Wildman–Crippen LogP) is 4.45. The molecule has 0 spiro atoms. The van der Waals surface area contributed by atoms with Crippen LogP contribution in [0.15, 0.2) is 42.5 Å². The molecule has 1 aliphatic heterocycles. The Labute approximate surface area is 135 Å². The smallest absolute Gasteiger partial charge is 0.106 e. The Balaban J connectivity index is 2.16. The Morgan fingerprint density at radius 2 is 1.90 bits per heavy atom. The van der Waals surface area contributed by atoms with Gasteiger partial charge < -0.3 is 10.6 Å². The van der Waals surface area contributed by atoms with Crippen molar-refractivity contribution in [3.05, 3.63) is 58.6 Å². The molecule has 108 valence electrons. The van der Waals surface area contributed by atoms with Gasteiger partial charge in [-0.15, -0.1) is 0 Å². The third-order valence-electron chi connectivity index (χ3n) is 3.88. The van der Waals surface area contributed by atoms with E-state index >= 15 is 0 Å². The summed E-state index contributed by atoms with van der Waals surface area (Å²) in [7, 11) is 0. The lowest BCUT2D eigenvalue weighted by molar-refractivity contribution is 0.761. The van der Waals surface area contributed by atoms with Crippen molar-refractivity contribution < 1.29 is 0 Å². The van der Waals surface area contributed by atoms with Crippen molar-refractivity contribution in [1.82, 2.24) is 0 Å². The fourth-order valence-corrected chi connectivity index (χ4v) is 3.22. The first kappa shape index (κ1) is 14.4. The van der Waals surface area contributed by atoms with Crippen molar-refractivity contribution in [2.75, 3.05) is 11.4 Å². The maximum atomic E-state index is 6.20. The van der Waals surface area contributed by atoms with E-state index in [1.165, 1.54) is 17.7 Å². The zero-order chi connectivity index (χ0) is 14.8. The Morgan fingerprint density at radius 1 is 1.10 bits per heavy atom. The standard InChI is InChI=1S/C17H17ClN2S/c18-13-8-9-14(17(19)21)16(11-13)20-10-4-3-6-12-5-1-2-7-15(12)20/h1-2,5,7-9,11H,3-4,6,10H2,(H2,19,21). The highest BCUT2D eigenvalue weighted by molar-refractivity contribution is 7.80. The second-order valence-corrected chi connectivity index (χ2v) is 6.14. The molecule has 0 atom stereocenters. The average molecular weight is 317 g/mol. The van der Waals surface area contributed by atoms with Crippen LogP contribution in [0.4, 0.5) is 11.4 Å². The molecule has 2 nitrogen and oxygen atoms in total. The van der Waals surface area contributed by atoms with Gasteiger partial charge in [0.15, 0.2) is 0 Å². The van der Waals surface area contributed by atoms with Gasteiger partial charge in [-0.05, 0) is 49.1 Å². The van der Waals surface area contributed by atoms with E-state index in [0.29, 0.717) is 10.0 Å². The molecule has 0 amide bonds. The molecule has 0 bridgehead atoms. The summed E-state index contributed by atoms with van der Waals surface area (Å²) < 4.78 is 0. The molecule has 0 saturated heterocycles. The number of fused-ring (bicyclic) bond motifs is 1. The highest BCUT2D eigenvalue weighted by atomic mass is 35.5. The third kappa shape index (κ3) is 2.89. The lowest BCUT2D eigenvalue weighted by atomic mass is 10.1. The number of para-hydroxylation sites is 1. The molecule has 3 rings (SSSR count). The molecular weight excluding hydrogens is 300 g/mol. The second kappa shape index (κ2) is 6.04. The maximum absolute atomic E-state index is 6.20. The fourth-order valence-electron chi connectivity index (χ4n) is 2.88. The molecule has 0 aromatic heterocycles. The van der Waals surface area contributed by atoms with Crippen LogP contribution in [0, 0.1) is 0 Å². The van der Waals surface area contributed by atoms with Crippen LogP contribution in [0.25, 0.3) is 0 Å². The third-order valence-corrected chi connectivity index (χ3v) is 4.33. The molecule has 21 heavy (non-hydrogen) atoms. The van der Waals surface area contributed by atoms with Gasteiger partial charge in [0.05, 0.1) is 5.69 Å². The van der Waals surface area contributed by atoms with Gasteiger partial charge in [0, 0.05) is 22.8 Å². The molecule has 0 saturated carbocycles. The topological polar surface area (TPSA) is 29.3 Å². The zero-order valence-electron chi connectivity index (χ0n) is 11.7. The number of nitrogens with zero attached hydrogens (tertiary/aromatic N) is 1. The van der Waals surface area contributed by atoms with Crippen molar-refractivity contribution in [3.8, 4) is 0 Å². The molecule has 4 heteroatoms. The predicted molar refractivity (Wildman–Crippen MR) is 93.7 cm³/mol. The van der Waals surface area contributed by atoms with Gasteiger partial charge in [-0.2, -0.15) is 0 Å². The van der Waals surface area contributed by atoms with Crippen LogP contribution in [0.1, 0.15) is 24.0 Å². The number of halogens is 1. The Bertz CT molecular complexity index is 684. The maximum Gasteiger partial charge on any atom is 0.106 e. The van der Waals surface area contributed by atoms with Gasteiger partial charge in [0.25, 0.3) is 0 Å². The summed E-state index contributed by atoms with van der Waals surface area (Å²) in [4.78, 5) is 2.70. The lowest BCUT2D eigenvalue weighted by Crippen LogP contribution is -2.22. The number of hydrogen-bond acceptors (Lipinski definition) is 2. The quantitative estimate of drug-likeness (QED) is 0.830. The summed E-state index contributed by atoms with van der Waals surface area (Å²) in [6.07, 6.45) is 3.43. The van der Waals surface area contributed by atoms with Crippen LogP contribution >= 0.6 is 23.8 Å². The summed E-state index contributed by atoms with van der Waals surface area (Å²) in [5.41, 5.74) is 10.4. The largest absolute Gasteiger partial charge is 0.389 e. The van der Waals surface area contributed by atoms with Crippen LogP contribution in [-0.2, 0) is 6.42 Å². The van der Waals surface area contributed by atoms with E-state index in [-0.39, 0.29) is 0 Å². The first-order valence-corrected chi connectivity index (χ1v) is 7.90. The first-order valence-electron chi connectivity index (χ1n) is 7.11. The van der Waals surface area contributed by atoms with E-state index in [0.717, 1.165) is 30.6 Å². The Morgan fingerprint density at radius 3 is 2.71 bits per heavy atom. The van der Waals surface area contributed by atoms with Crippen LogP contribution in [0.3, 0.4) is 0 Å². The van der Waals surface area contributed by atoms with Crippen molar-refractivity contribution in [1.29, 1.82) is 0 Å². The van der Waals surface area contributed by atoms with Crippen molar-refractivity contribution >= 4 is 40.2 Å². The summed E-state index contributed by atoms with van der Waals surface area (Å²) >= 11 is 11.4. The number of thiocarbonyl (C=S) groups is 1. The van der Waals surface area contributed by atoms with E-state index in [4.69, 9.17) is 29.6 Å². The van der Waals surface area contributed by atoms with Gasteiger partial charge >= 0.3 is 0 Å². The van der Waals surface area contributed by atoms with E-state index in [9.17, 15) is 0 Å². The SMILES string of the molecule is NC(=S)c1ccc(Cl)cc1N1CCCCc2ccccc21. The van der Waals surface area contributed by atoms with Crippen LogP contribution in [0.2, 0.25) is 5.02 Å². The van der Waals surface area contributed by atoms with Crippen molar-refractivity contribution in [2.24, 2.45) is 5.73 Å². The minimum Gasteiger partial charge on any atom is -0.389 e. The van der Waals surface area contributed by atoms with E-state index in [1.807, 2.05) is 18.2 Å². The normalized spacial score (nSPS) is 14.4. The molecule has 0 unspecified atom stereocenters. The number of benzene rings is 2. The van der Waals surface area contributed by atoms with E-state index in [1.54, 1.807) is 0 Å². The molecular formula is C17H17ClN2S. The minimum atomic E-state index is 0.406. The van der Waals surface area contributed by atoms with Gasteiger partial charge in [0.1, 0.15) is 4.99 Å². The summed E-state index contributed by atoms with van der Waals surface area (Å²) in [6, 6.07) is 14.2. The Kier molecular flexibility index (Phi) is 4.13. The van der Waals surface area contributed by atoms with Crippen LogP contribution in [-0.4, -0.2) is 11.5 Å². The lowest BCUT2D eigenvalue weighted by Gasteiger charge is -2.27. The summed E-state index contributed by atoms with van der Waals surface area (Å²) in [5.74, 6) is 0. The summed E-state index contributed by atoms with van der Waals surface area (Å²) in [6.45, 7) is 0.951. The molecule has 1 heterocycles. The molecule has 1 aliphatic rings. The fraction of sp³-hybridized carbons (Fsp3) is 0.235. The molecule has 0 radical (unpaired) electrons. The molecule has 2 aromatic rings. The van der Waals surface area contributed by atoms with E-state index in [2.05, 4.69) is 29.2 Å². The highest BCUT2D eigenvalue weighted by Crippen LogP contribution is 2.35. The number of hydrogen-bond donors (Lipinski definition) is 1. The van der Waals surface area contributed by atoms with Crippen molar-refractivity contribution in [3.63, 3.8) is 0 Å². The second-order valence-electron chi connectivity index (χ2n) is 5.26. The van der Waals surface area contributed by atoms with Gasteiger partial charge in [-0.25, -0.2) is 0 Å². The number of nitrogens with two attached hydrogens (primary N) is 1. The number of aryl methyl sites for hydroxylation is 1. The number of rotatable bonds is 2. The summed E-state index contributed by atoms with van der Waals surface area (Å²) in [5, 5.41) is 0.701. The number of anilines is 2. The molecule has 2 aromatic carbocycles. The Hall–Kier alpha value is -1.58. The minimum absolute atomic E-state index is 0.406. The zero-order valence-corrected chi connectivity index (χ0v) is 13.3. The van der Waals surface area contributed by atoms with Gasteiger partial charge in [0.2, 0.25) is 0 Å². The monoisotopic (exact) mass is 316 g/mol.